The minimum atomic E-state index is -0.124. The highest BCUT2D eigenvalue weighted by atomic mass is 35.5. The summed E-state index contributed by atoms with van der Waals surface area (Å²) in [6, 6.07) is 5.02. The van der Waals surface area contributed by atoms with Crippen molar-refractivity contribution < 1.29 is 9.53 Å². The molecule has 18 heavy (non-hydrogen) atoms. The topological polar surface area (TPSA) is 38.3 Å². The van der Waals surface area contributed by atoms with E-state index >= 15 is 0 Å². The lowest BCUT2D eigenvalue weighted by Gasteiger charge is -2.11. The van der Waals surface area contributed by atoms with Crippen molar-refractivity contribution in [2.24, 2.45) is 0 Å². The van der Waals surface area contributed by atoms with Crippen molar-refractivity contribution >= 4 is 34.8 Å². The van der Waals surface area contributed by atoms with Gasteiger partial charge in [0.15, 0.2) is 0 Å². The molecule has 1 aromatic rings. The van der Waals surface area contributed by atoms with Crippen molar-refractivity contribution in [1.82, 2.24) is 0 Å². The number of anilines is 1. The molecule has 2 bridgehead atoms. The number of fused-ring (bicyclic) bond motifs is 2. The lowest BCUT2D eigenvalue weighted by Crippen LogP contribution is -2.21. The summed E-state index contributed by atoms with van der Waals surface area (Å²) in [4.78, 5) is 12.1. The Morgan fingerprint density at radius 2 is 2.11 bits per heavy atom. The normalized spacial score (nSPS) is 25.1. The number of hydrogen-bond donors (Lipinski definition) is 1. The number of nitrogens with one attached hydrogen (secondary N) is 1. The monoisotopic (exact) mass is 283 g/mol. The molecule has 0 spiro atoms. The molecule has 2 aliphatic heterocycles. The molecule has 3 rings (SSSR count). The summed E-state index contributed by atoms with van der Waals surface area (Å²) >= 11 is 11.7. The van der Waals surface area contributed by atoms with Gasteiger partial charge in [-0.05, 0) is 37.1 Å². The number of carbonyl (C=O) groups excluding carboxylic acids is 1. The highest BCUT2D eigenvalue weighted by Gasteiger charge is 2.36. The number of hydrogen-bond acceptors (Lipinski definition) is 2. The zero-order valence-electron chi connectivity index (χ0n) is 9.45. The highest BCUT2D eigenvalue weighted by molar-refractivity contribution is 6.42. The number of rotatable bonds is 2. The van der Waals surface area contributed by atoms with Gasteiger partial charge in [0, 0.05) is 11.3 Å². The molecule has 1 unspecified atom stereocenters. The van der Waals surface area contributed by atoms with Gasteiger partial charge in [-0.2, -0.15) is 0 Å². The van der Waals surface area contributed by atoms with E-state index < -0.39 is 0 Å². The minimum absolute atomic E-state index is 0.0437. The molecule has 1 aromatic carbocycles. The summed E-state index contributed by atoms with van der Waals surface area (Å²) in [6.07, 6.45) is 3.91. The molecule has 0 saturated carbocycles. The molecule has 0 aromatic heterocycles. The van der Waals surface area contributed by atoms with E-state index in [2.05, 4.69) is 5.32 Å². The van der Waals surface area contributed by atoms with E-state index in [1.165, 1.54) is 0 Å². The smallest absolute Gasteiger partial charge is 0.253 e. The fourth-order valence-electron chi connectivity index (χ4n) is 2.32. The first-order chi connectivity index (χ1) is 8.63. The third kappa shape index (κ3) is 2.14. The van der Waals surface area contributed by atoms with Crippen LogP contribution in [0.15, 0.2) is 29.8 Å². The lowest BCUT2D eigenvalue weighted by atomic mass is 9.99. The van der Waals surface area contributed by atoms with E-state index in [1.54, 1.807) is 18.2 Å². The summed E-state index contributed by atoms with van der Waals surface area (Å²) in [5, 5.41) is 3.70. The SMILES string of the molecule is O=C(Nc1ccc(Cl)c(Cl)c1)C1=C[C@@H]2CCC1O2. The summed E-state index contributed by atoms with van der Waals surface area (Å²) in [6.45, 7) is 0. The molecule has 1 fully saturated rings. The van der Waals surface area contributed by atoms with Crippen LogP contribution in [-0.4, -0.2) is 18.1 Å². The fourth-order valence-corrected chi connectivity index (χ4v) is 2.62. The Balaban J connectivity index is 1.75. The molecule has 5 heteroatoms. The van der Waals surface area contributed by atoms with Gasteiger partial charge >= 0.3 is 0 Å². The first-order valence-corrected chi connectivity index (χ1v) is 6.52. The number of carbonyl (C=O) groups is 1. The number of halogens is 2. The van der Waals surface area contributed by atoms with Gasteiger partial charge in [-0.3, -0.25) is 4.79 Å². The summed E-state index contributed by atoms with van der Waals surface area (Å²) < 4.78 is 5.59. The third-order valence-electron chi connectivity index (χ3n) is 3.20. The van der Waals surface area contributed by atoms with Crippen LogP contribution in [0.4, 0.5) is 5.69 Å². The second-order valence-corrected chi connectivity index (χ2v) is 5.26. The molecule has 3 nitrogen and oxygen atoms in total. The quantitative estimate of drug-likeness (QED) is 0.903. The van der Waals surface area contributed by atoms with Gasteiger partial charge in [-0.25, -0.2) is 0 Å². The van der Waals surface area contributed by atoms with Gasteiger partial charge in [-0.15, -0.1) is 0 Å². The molecule has 0 aliphatic carbocycles. The molecule has 0 radical (unpaired) electrons. The van der Waals surface area contributed by atoms with E-state index in [0.29, 0.717) is 15.7 Å². The molecule has 1 N–H and O–H groups in total. The average molecular weight is 284 g/mol. The van der Waals surface area contributed by atoms with Crippen LogP contribution in [0.5, 0.6) is 0 Å². The van der Waals surface area contributed by atoms with E-state index in [1.807, 2.05) is 6.08 Å². The van der Waals surface area contributed by atoms with E-state index in [-0.39, 0.29) is 18.1 Å². The van der Waals surface area contributed by atoms with Gasteiger partial charge in [0.05, 0.1) is 22.3 Å². The summed E-state index contributed by atoms with van der Waals surface area (Å²) in [5.41, 5.74) is 1.36. The molecule has 2 aliphatic rings. The van der Waals surface area contributed by atoms with Gasteiger partial charge < -0.3 is 10.1 Å². The zero-order chi connectivity index (χ0) is 12.7. The van der Waals surface area contributed by atoms with Crippen LogP contribution in [0.3, 0.4) is 0 Å². The van der Waals surface area contributed by atoms with Crippen molar-refractivity contribution in [3.63, 3.8) is 0 Å². The second kappa shape index (κ2) is 4.57. The lowest BCUT2D eigenvalue weighted by molar-refractivity contribution is -0.113. The van der Waals surface area contributed by atoms with Crippen molar-refractivity contribution in [3.8, 4) is 0 Å². The predicted molar refractivity (Wildman–Crippen MR) is 71.1 cm³/mol. The van der Waals surface area contributed by atoms with Crippen molar-refractivity contribution in [2.75, 3.05) is 5.32 Å². The maximum Gasteiger partial charge on any atom is 0.253 e. The first-order valence-electron chi connectivity index (χ1n) is 5.77. The molecule has 2 heterocycles. The van der Waals surface area contributed by atoms with Crippen LogP contribution in [0.2, 0.25) is 10.0 Å². The largest absolute Gasteiger partial charge is 0.366 e. The maximum atomic E-state index is 12.1. The summed E-state index contributed by atoms with van der Waals surface area (Å²) in [5.74, 6) is -0.124. The van der Waals surface area contributed by atoms with Crippen LogP contribution >= 0.6 is 23.2 Å². The van der Waals surface area contributed by atoms with Crippen molar-refractivity contribution in [3.05, 3.63) is 39.9 Å². The standard InChI is InChI=1S/C13H11Cl2NO2/c14-10-3-1-7(5-11(10)15)16-13(17)9-6-8-2-4-12(9)18-8/h1,3,5-6,8,12H,2,4H2,(H,16,17)/t8-,12?/m0/s1. The molecular weight excluding hydrogens is 273 g/mol. The van der Waals surface area contributed by atoms with Gasteiger partial charge in [0.25, 0.3) is 5.91 Å². The molecule has 1 saturated heterocycles. The van der Waals surface area contributed by atoms with Gasteiger partial charge in [0.2, 0.25) is 0 Å². The molecule has 94 valence electrons. The fraction of sp³-hybridized carbons (Fsp3) is 0.308. The zero-order valence-corrected chi connectivity index (χ0v) is 11.0. The van der Waals surface area contributed by atoms with Gasteiger partial charge in [0.1, 0.15) is 0 Å². The molecular formula is C13H11Cl2NO2. The van der Waals surface area contributed by atoms with E-state index in [0.717, 1.165) is 18.4 Å². The predicted octanol–water partition coefficient (Wildman–Crippen LogP) is 3.42. The molecule has 2 atom stereocenters. The Bertz CT molecular complexity index is 542. The Labute approximate surface area is 115 Å². The molecule has 1 amide bonds. The van der Waals surface area contributed by atoms with Crippen molar-refractivity contribution in [2.45, 2.75) is 25.0 Å². The number of ether oxygens (including phenoxy) is 1. The van der Waals surface area contributed by atoms with E-state index in [9.17, 15) is 4.79 Å². The average Bonchev–Trinajstić information content (AvgIpc) is 2.96. The van der Waals surface area contributed by atoms with Crippen LogP contribution < -0.4 is 5.32 Å². The number of benzene rings is 1. The van der Waals surface area contributed by atoms with Crippen LogP contribution in [0.1, 0.15) is 12.8 Å². The minimum Gasteiger partial charge on any atom is -0.366 e. The van der Waals surface area contributed by atoms with Crippen LogP contribution in [-0.2, 0) is 9.53 Å². The van der Waals surface area contributed by atoms with Crippen LogP contribution in [0.25, 0.3) is 0 Å². The number of amides is 1. The maximum absolute atomic E-state index is 12.1. The summed E-state index contributed by atoms with van der Waals surface area (Å²) in [7, 11) is 0. The third-order valence-corrected chi connectivity index (χ3v) is 3.94. The Kier molecular flexibility index (Phi) is 3.06. The van der Waals surface area contributed by atoms with Crippen molar-refractivity contribution in [1.29, 1.82) is 0 Å². The highest BCUT2D eigenvalue weighted by Crippen LogP contribution is 2.34. The Hall–Kier alpha value is -1.03. The second-order valence-electron chi connectivity index (χ2n) is 4.45. The van der Waals surface area contributed by atoms with E-state index in [4.69, 9.17) is 27.9 Å². The van der Waals surface area contributed by atoms with Gasteiger partial charge in [-0.1, -0.05) is 23.2 Å². The Morgan fingerprint density at radius 1 is 1.28 bits per heavy atom. The Morgan fingerprint density at radius 3 is 2.72 bits per heavy atom. The van der Waals surface area contributed by atoms with Crippen LogP contribution in [0, 0.1) is 0 Å². The first kappa shape index (κ1) is 12.0.